The van der Waals surface area contributed by atoms with E-state index in [0.29, 0.717) is 44.0 Å². The van der Waals surface area contributed by atoms with Crippen LogP contribution in [0.25, 0.3) is 0 Å². The van der Waals surface area contributed by atoms with Gasteiger partial charge in [-0.2, -0.15) is 0 Å². The number of rotatable bonds is 18. The van der Waals surface area contributed by atoms with Crippen LogP contribution in [0.1, 0.15) is 87.5 Å². The molecular weight excluding hydrogens is 494 g/mol. The topological polar surface area (TPSA) is 83.1 Å². The Balaban J connectivity index is 1.21. The molecule has 0 amide bonds. The number of aromatic nitrogens is 1. The molecule has 39 heavy (non-hydrogen) atoms. The van der Waals surface area contributed by atoms with Crippen LogP contribution in [0.15, 0.2) is 18.3 Å². The van der Waals surface area contributed by atoms with Gasteiger partial charge in [0, 0.05) is 29.7 Å². The fourth-order valence-corrected chi connectivity index (χ4v) is 5.55. The second-order valence-corrected chi connectivity index (χ2v) is 13.7. The number of pyridine rings is 1. The summed E-state index contributed by atoms with van der Waals surface area (Å²) in [5.74, 6) is 1.44. The summed E-state index contributed by atoms with van der Waals surface area (Å²) in [7, 11) is 0. The summed E-state index contributed by atoms with van der Waals surface area (Å²) in [5.41, 5.74) is 0.223. The Bertz CT molecular complexity index is 828. The standard InChI is InChI=1S/C31H55N3O5/c1-9-36-24-10-11-28(32-20-24)39-27-16-23(17-27)34-31(7,8)21-30(5,6)22-35-14-15-38-26-18-25(19-26)37-13-12-33-29(2,3)4/h10-11,20,23,25-27,33-34H,9,12-19,21-22H2,1-8H3. The van der Waals surface area contributed by atoms with Crippen molar-refractivity contribution in [3.63, 3.8) is 0 Å². The minimum absolute atomic E-state index is 0.0136. The number of hydrogen-bond donors (Lipinski definition) is 2. The van der Waals surface area contributed by atoms with Crippen LogP contribution in [-0.2, 0) is 14.2 Å². The van der Waals surface area contributed by atoms with Gasteiger partial charge in [0.15, 0.2) is 0 Å². The highest BCUT2D eigenvalue weighted by Gasteiger charge is 2.37. The van der Waals surface area contributed by atoms with E-state index in [1.807, 2.05) is 19.1 Å². The molecule has 1 aromatic heterocycles. The van der Waals surface area contributed by atoms with Gasteiger partial charge in [-0.25, -0.2) is 4.98 Å². The Morgan fingerprint density at radius 1 is 0.872 bits per heavy atom. The van der Waals surface area contributed by atoms with Crippen LogP contribution in [0.2, 0.25) is 0 Å². The van der Waals surface area contributed by atoms with Crippen molar-refractivity contribution in [2.75, 3.05) is 39.6 Å². The molecular formula is C31H55N3O5. The SMILES string of the molecule is CCOc1ccc(OC2CC(NC(C)(C)CC(C)(C)COCCOC3CC(OCCNC(C)(C)C)C3)C2)nc1. The highest BCUT2D eigenvalue weighted by molar-refractivity contribution is 5.23. The van der Waals surface area contributed by atoms with Gasteiger partial charge in [-0.1, -0.05) is 13.8 Å². The molecule has 0 spiro atoms. The van der Waals surface area contributed by atoms with Crippen molar-refractivity contribution < 1.29 is 23.7 Å². The quantitative estimate of drug-likeness (QED) is 0.244. The number of hydrogen-bond acceptors (Lipinski definition) is 8. The molecule has 0 unspecified atom stereocenters. The van der Waals surface area contributed by atoms with Crippen molar-refractivity contribution in [3.05, 3.63) is 18.3 Å². The molecule has 0 atom stereocenters. The van der Waals surface area contributed by atoms with Crippen molar-refractivity contribution in [1.82, 2.24) is 15.6 Å². The Labute approximate surface area is 237 Å². The van der Waals surface area contributed by atoms with Crippen LogP contribution in [0.4, 0.5) is 0 Å². The van der Waals surface area contributed by atoms with E-state index in [1.165, 1.54) is 0 Å². The monoisotopic (exact) mass is 549 g/mol. The third-order valence-corrected chi connectivity index (χ3v) is 7.15. The highest BCUT2D eigenvalue weighted by atomic mass is 16.5. The average Bonchev–Trinajstić information content (AvgIpc) is 2.77. The zero-order valence-corrected chi connectivity index (χ0v) is 25.8. The maximum Gasteiger partial charge on any atom is 0.213 e. The predicted octanol–water partition coefficient (Wildman–Crippen LogP) is 5.14. The minimum Gasteiger partial charge on any atom is -0.492 e. The Morgan fingerprint density at radius 3 is 2.18 bits per heavy atom. The highest BCUT2D eigenvalue weighted by Crippen LogP contribution is 2.32. The van der Waals surface area contributed by atoms with E-state index in [9.17, 15) is 0 Å². The summed E-state index contributed by atoms with van der Waals surface area (Å²) in [6.07, 6.45) is 7.58. The second-order valence-electron chi connectivity index (χ2n) is 13.7. The lowest BCUT2D eigenvalue weighted by Crippen LogP contribution is -2.55. The zero-order valence-electron chi connectivity index (χ0n) is 25.8. The fourth-order valence-electron chi connectivity index (χ4n) is 5.55. The lowest BCUT2D eigenvalue weighted by molar-refractivity contribution is -0.111. The van der Waals surface area contributed by atoms with Crippen LogP contribution in [0.5, 0.6) is 11.6 Å². The van der Waals surface area contributed by atoms with Crippen LogP contribution >= 0.6 is 0 Å². The molecule has 2 saturated carbocycles. The zero-order chi connectivity index (χ0) is 28.5. The molecule has 8 nitrogen and oxygen atoms in total. The summed E-state index contributed by atoms with van der Waals surface area (Å²) >= 11 is 0. The summed E-state index contributed by atoms with van der Waals surface area (Å²) in [4.78, 5) is 4.35. The molecule has 2 aliphatic rings. The number of nitrogens with zero attached hydrogens (tertiary/aromatic N) is 1. The smallest absolute Gasteiger partial charge is 0.213 e. The number of ether oxygens (including phenoxy) is 5. The van der Waals surface area contributed by atoms with Crippen LogP contribution in [0, 0.1) is 5.41 Å². The third kappa shape index (κ3) is 12.3. The lowest BCUT2D eigenvalue weighted by atomic mass is 9.78. The molecule has 2 N–H and O–H groups in total. The van der Waals surface area contributed by atoms with Crippen molar-refractivity contribution in [2.24, 2.45) is 5.41 Å². The molecule has 3 rings (SSSR count). The van der Waals surface area contributed by atoms with Gasteiger partial charge < -0.3 is 34.3 Å². The first-order valence-corrected chi connectivity index (χ1v) is 14.9. The lowest BCUT2D eigenvalue weighted by Gasteiger charge is -2.43. The van der Waals surface area contributed by atoms with Crippen LogP contribution in [0.3, 0.4) is 0 Å². The van der Waals surface area contributed by atoms with Crippen LogP contribution < -0.4 is 20.1 Å². The van der Waals surface area contributed by atoms with E-state index in [2.05, 4.69) is 64.1 Å². The Morgan fingerprint density at radius 2 is 1.56 bits per heavy atom. The van der Waals surface area contributed by atoms with E-state index < -0.39 is 0 Å². The van der Waals surface area contributed by atoms with Crippen molar-refractivity contribution in [1.29, 1.82) is 0 Å². The second kappa shape index (κ2) is 14.4. The maximum atomic E-state index is 6.03. The van der Waals surface area contributed by atoms with Crippen molar-refractivity contribution in [2.45, 2.75) is 123 Å². The first kappa shape index (κ1) is 32.1. The molecule has 8 heteroatoms. The van der Waals surface area contributed by atoms with Gasteiger partial charge in [0.1, 0.15) is 11.9 Å². The maximum absolute atomic E-state index is 6.03. The Kier molecular flexibility index (Phi) is 11.9. The van der Waals surface area contributed by atoms with E-state index in [0.717, 1.165) is 57.6 Å². The number of nitrogens with one attached hydrogen (secondary N) is 2. The summed E-state index contributed by atoms with van der Waals surface area (Å²) in [6, 6.07) is 4.25. The molecule has 224 valence electrons. The molecule has 0 saturated heterocycles. The molecule has 1 heterocycles. The molecule has 0 radical (unpaired) electrons. The van der Waals surface area contributed by atoms with Gasteiger partial charge >= 0.3 is 0 Å². The molecule has 0 aliphatic heterocycles. The Hall–Kier alpha value is -1.45. The van der Waals surface area contributed by atoms with E-state index in [1.54, 1.807) is 6.20 Å². The van der Waals surface area contributed by atoms with Gasteiger partial charge in [-0.05, 0) is 85.1 Å². The van der Waals surface area contributed by atoms with Gasteiger partial charge in [0.2, 0.25) is 5.88 Å². The average molecular weight is 550 g/mol. The normalized spacial score (nSPS) is 23.7. The van der Waals surface area contributed by atoms with Gasteiger partial charge in [0.25, 0.3) is 0 Å². The summed E-state index contributed by atoms with van der Waals surface area (Å²) in [6.45, 7) is 21.9. The van der Waals surface area contributed by atoms with E-state index in [-0.39, 0.29) is 22.6 Å². The predicted molar refractivity (Wildman–Crippen MR) is 156 cm³/mol. The molecule has 1 aromatic rings. The summed E-state index contributed by atoms with van der Waals surface area (Å²) in [5, 5.41) is 7.29. The van der Waals surface area contributed by atoms with Crippen LogP contribution in [-0.4, -0.2) is 80.0 Å². The van der Waals surface area contributed by atoms with E-state index in [4.69, 9.17) is 23.7 Å². The molecule has 0 aromatic carbocycles. The first-order valence-electron chi connectivity index (χ1n) is 14.9. The van der Waals surface area contributed by atoms with Crippen molar-refractivity contribution >= 4 is 0 Å². The van der Waals surface area contributed by atoms with Gasteiger partial charge in [-0.15, -0.1) is 0 Å². The minimum atomic E-state index is 0.0136. The van der Waals surface area contributed by atoms with Crippen molar-refractivity contribution in [3.8, 4) is 11.6 Å². The molecule has 2 fully saturated rings. The fraction of sp³-hybridized carbons (Fsp3) is 0.839. The summed E-state index contributed by atoms with van der Waals surface area (Å²) < 4.78 is 29.4. The van der Waals surface area contributed by atoms with E-state index >= 15 is 0 Å². The van der Waals surface area contributed by atoms with Gasteiger partial charge in [0.05, 0.1) is 51.4 Å². The largest absolute Gasteiger partial charge is 0.492 e. The first-order chi connectivity index (χ1) is 18.3. The molecule has 0 bridgehead atoms. The third-order valence-electron chi connectivity index (χ3n) is 7.15. The molecule has 2 aliphatic carbocycles. The van der Waals surface area contributed by atoms with Gasteiger partial charge in [-0.3, -0.25) is 0 Å².